The Morgan fingerprint density at radius 3 is 0.744 bits per heavy atom. The fourth-order valence-electron chi connectivity index (χ4n) is 10.6. The summed E-state index contributed by atoms with van der Waals surface area (Å²) < 4.78 is 17.0. The topological polar surface area (TPSA) is 78.9 Å². The van der Waals surface area contributed by atoms with Crippen LogP contribution >= 0.6 is 0 Å². The van der Waals surface area contributed by atoms with Crippen LogP contribution in [0.1, 0.15) is 374 Å². The molecule has 0 fully saturated rings. The van der Waals surface area contributed by atoms with Gasteiger partial charge in [-0.15, -0.1) is 0 Å². The predicted octanol–water partition coefficient (Wildman–Crippen LogP) is 24.8. The van der Waals surface area contributed by atoms with E-state index >= 15 is 0 Å². The van der Waals surface area contributed by atoms with Gasteiger partial charge in [0.15, 0.2) is 6.10 Å². The maximum Gasteiger partial charge on any atom is 0.306 e. The summed E-state index contributed by atoms with van der Waals surface area (Å²) in [6.07, 6.45) is 92.2. The molecular weight excluding hydrogens is 1010 g/mol. The molecule has 0 aromatic carbocycles. The lowest BCUT2D eigenvalue weighted by Crippen LogP contribution is -2.30. The van der Waals surface area contributed by atoms with Crippen molar-refractivity contribution in [2.45, 2.75) is 380 Å². The summed E-state index contributed by atoms with van der Waals surface area (Å²) in [5.41, 5.74) is 0. The zero-order valence-electron chi connectivity index (χ0n) is 54.8. The van der Waals surface area contributed by atoms with Crippen molar-refractivity contribution in [3.63, 3.8) is 0 Å². The highest BCUT2D eigenvalue weighted by Gasteiger charge is 2.19. The van der Waals surface area contributed by atoms with Crippen LogP contribution in [0.15, 0.2) is 72.9 Å². The van der Waals surface area contributed by atoms with Crippen molar-refractivity contribution in [1.29, 1.82) is 0 Å². The van der Waals surface area contributed by atoms with E-state index in [0.717, 1.165) is 89.9 Å². The normalized spacial score (nSPS) is 12.5. The summed E-state index contributed by atoms with van der Waals surface area (Å²) >= 11 is 0. The van der Waals surface area contributed by atoms with E-state index in [1.165, 1.54) is 244 Å². The van der Waals surface area contributed by atoms with Crippen molar-refractivity contribution in [2.75, 3.05) is 13.2 Å². The molecule has 1 unspecified atom stereocenters. The van der Waals surface area contributed by atoms with Crippen molar-refractivity contribution in [1.82, 2.24) is 0 Å². The highest BCUT2D eigenvalue weighted by Crippen LogP contribution is 2.18. The van der Waals surface area contributed by atoms with Gasteiger partial charge in [-0.25, -0.2) is 0 Å². The van der Waals surface area contributed by atoms with Gasteiger partial charge in [0, 0.05) is 19.3 Å². The van der Waals surface area contributed by atoms with Gasteiger partial charge in [-0.1, -0.05) is 338 Å². The van der Waals surface area contributed by atoms with Gasteiger partial charge in [0.1, 0.15) is 13.2 Å². The molecule has 0 amide bonds. The van der Waals surface area contributed by atoms with Crippen molar-refractivity contribution in [3.8, 4) is 0 Å². The van der Waals surface area contributed by atoms with E-state index in [-0.39, 0.29) is 31.1 Å². The summed E-state index contributed by atoms with van der Waals surface area (Å²) in [6.45, 7) is 6.57. The molecule has 0 radical (unpaired) electrons. The summed E-state index contributed by atoms with van der Waals surface area (Å²) in [5, 5.41) is 0. The monoisotopic (exact) mass is 1150 g/mol. The van der Waals surface area contributed by atoms with E-state index in [1.54, 1.807) is 0 Å². The maximum absolute atomic E-state index is 13.0. The number of carbonyl (C=O) groups excluding carboxylic acids is 3. The van der Waals surface area contributed by atoms with Crippen molar-refractivity contribution in [2.24, 2.45) is 0 Å². The van der Waals surface area contributed by atoms with Crippen LogP contribution in [0.4, 0.5) is 0 Å². The van der Waals surface area contributed by atoms with Gasteiger partial charge in [-0.05, 0) is 89.9 Å². The van der Waals surface area contributed by atoms with Crippen LogP contribution in [-0.4, -0.2) is 37.2 Å². The number of allylic oxidation sites excluding steroid dienone is 12. The second-order valence-corrected chi connectivity index (χ2v) is 24.1. The largest absolute Gasteiger partial charge is 0.462 e. The van der Waals surface area contributed by atoms with Crippen LogP contribution in [0.5, 0.6) is 0 Å². The van der Waals surface area contributed by atoms with Crippen molar-refractivity contribution >= 4 is 17.9 Å². The Hall–Kier alpha value is -3.15. The number of hydrogen-bond acceptors (Lipinski definition) is 6. The molecule has 476 valence electrons. The molecule has 6 nitrogen and oxygen atoms in total. The lowest BCUT2D eigenvalue weighted by atomic mass is 10.0. The third kappa shape index (κ3) is 67.6. The first-order chi connectivity index (χ1) is 40.5. The summed E-state index contributed by atoms with van der Waals surface area (Å²) in [4.78, 5) is 38.4. The van der Waals surface area contributed by atoms with E-state index in [9.17, 15) is 14.4 Å². The third-order valence-electron chi connectivity index (χ3n) is 15.9. The second kappa shape index (κ2) is 70.3. The average Bonchev–Trinajstić information content (AvgIpc) is 3.47. The first kappa shape index (κ1) is 78.8. The predicted molar refractivity (Wildman–Crippen MR) is 358 cm³/mol. The molecule has 0 rings (SSSR count). The van der Waals surface area contributed by atoms with Gasteiger partial charge in [0.2, 0.25) is 0 Å². The van der Waals surface area contributed by atoms with Gasteiger partial charge < -0.3 is 14.2 Å². The van der Waals surface area contributed by atoms with Gasteiger partial charge in [-0.3, -0.25) is 14.4 Å². The molecule has 0 aromatic rings. The molecule has 0 bridgehead atoms. The number of rotatable bonds is 66. The zero-order valence-corrected chi connectivity index (χ0v) is 54.8. The molecule has 0 aliphatic carbocycles. The number of hydrogen-bond donors (Lipinski definition) is 0. The minimum Gasteiger partial charge on any atom is -0.462 e. The minimum absolute atomic E-state index is 0.0710. The van der Waals surface area contributed by atoms with Crippen LogP contribution < -0.4 is 0 Å². The lowest BCUT2D eigenvalue weighted by molar-refractivity contribution is -0.167. The van der Waals surface area contributed by atoms with E-state index in [4.69, 9.17) is 14.2 Å². The molecule has 0 saturated heterocycles. The fraction of sp³-hybridized carbons (Fsp3) is 0.803. The zero-order chi connectivity index (χ0) is 59.2. The molecule has 0 heterocycles. The summed E-state index contributed by atoms with van der Waals surface area (Å²) in [5.74, 6) is -0.850. The first-order valence-electron chi connectivity index (χ1n) is 35.9. The molecule has 0 aliphatic rings. The van der Waals surface area contributed by atoms with Gasteiger partial charge in [0.05, 0.1) is 0 Å². The molecule has 0 N–H and O–H groups in total. The second-order valence-electron chi connectivity index (χ2n) is 24.1. The smallest absolute Gasteiger partial charge is 0.306 e. The van der Waals surface area contributed by atoms with Crippen LogP contribution in [0.3, 0.4) is 0 Å². The Morgan fingerprint density at radius 2 is 0.476 bits per heavy atom. The Labute approximate surface area is 510 Å². The van der Waals surface area contributed by atoms with E-state index in [1.807, 2.05) is 0 Å². The van der Waals surface area contributed by atoms with E-state index in [2.05, 4.69) is 93.7 Å². The van der Waals surface area contributed by atoms with Crippen LogP contribution in [0.25, 0.3) is 0 Å². The molecule has 0 saturated carbocycles. The minimum atomic E-state index is -0.775. The van der Waals surface area contributed by atoms with Crippen LogP contribution in [-0.2, 0) is 28.6 Å². The molecule has 1 atom stereocenters. The Bertz CT molecular complexity index is 1500. The highest BCUT2D eigenvalue weighted by atomic mass is 16.6. The average molecular weight is 1150 g/mol. The SMILES string of the molecule is CC/C=C\C/C=C\C/C=C\C/C=C\CCCCCCCCCCCCCCC(=O)OC(COC(=O)CCCCCCCCCCCCCC)COC(=O)CCCCCCCCCCCCCCCCC/C=C\C/C=C\CCCCCCC. The molecular formula is C76H136O6. The fourth-order valence-corrected chi connectivity index (χ4v) is 10.6. The molecule has 0 aliphatic heterocycles. The van der Waals surface area contributed by atoms with E-state index < -0.39 is 6.10 Å². The van der Waals surface area contributed by atoms with Crippen LogP contribution in [0, 0.1) is 0 Å². The Kier molecular flexibility index (Phi) is 67.6. The molecule has 0 spiro atoms. The van der Waals surface area contributed by atoms with Gasteiger partial charge >= 0.3 is 17.9 Å². The highest BCUT2D eigenvalue weighted by molar-refractivity contribution is 5.71. The summed E-state index contributed by atoms with van der Waals surface area (Å²) in [6, 6.07) is 0. The maximum atomic E-state index is 13.0. The molecule has 0 aromatic heterocycles. The quantitative estimate of drug-likeness (QED) is 0.0261. The standard InChI is InChI=1S/C76H136O6/c1-4-7-10-13-16-19-22-25-27-29-31-33-35-37-38-40-41-43-45-47-49-51-54-57-60-63-66-69-75(78)81-72-73(71-80-74(77)68-65-62-59-56-53-24-21-18-15-12-9-6-3)82-76(79)70-67-64-61-58-55-52-50-48-46-44-42-39-36-34-32-30-28-26-23-20-17-14-11-8-5-2/h8,11,17,20,22,25-26,28-29,31-32,34,73H,4-7,9-10,12-16,18-19,21,23-24,27,30,33,35-72H2,1-3H3/b11-8-,20-17-,25-22-,28-26-,31-29-,34-32-. The van der Waals surface area contributed by atoms with Crippen LogP contribution in [0.2, 0.25) is 0 Å². The van der Waals surface area contributed by atoms with Gasteiger partial charge in [-0.2, -0.15) is 0 Å². The van der Waals surface area contributed by atoms with E-state index in [0.29, 0.717) is 19.3 Å². The third-order valence-corrected chi connectivity index (χ3v) is 15.9. The number of unbranched alkanes of at least 4 members (excludes halogenated alkanes) is 43. The number of esters is 3. The molecule has 82 heavy (non-hydrogen) atoms. The van der Waals surface area contributed by atoms with Crippen molar-refractivity contribution in [3.05, 3.63) is 72.9 Å². The van der Waals surface area contributed by atoms with Crippen molar-refractivity contribution < 1.29 is 28.6 Å². The first-order valence-corrected chi connectivity index (χ1v) is 35.9. The van der Waals surface area contributed by atoms with Gasteiger partial charge in [0.25, 0.3) is 0 Å². The number of carbonyl (C=O) groups is 3. The summed E-state index contributed by atoms with van der Waals surface area (Å²) in [7, 11) is 0. The lowest BCUT2D eigenvalue weighted by Gasteiger charge is -2.18. The molecule has 6 heteroatoms. The Balaban J connectivity index is 4.22. The number of ether oxygens (including phenoxy) is 3. The Morgan fingerprint density at radius 1 is 0.256 bits per heavy atom.